The maximum atomic E-state index is 12.0. The zero-order chi connectivity index (χ0) is 14.6. The number of carboxylic acid groups (broad SMARTS) is 1. The van der Waals surface area contributed by atoms with Crippen LogP contribution in [0.4, 0.5) is 0 Å². The first-order chi connectivity index (χ1) is 8.82. The molecule has 0 spiro atoms. The predicted octanol–water partition coefficient (Wildman–Crippen LogP) is 1.18. The van der Waals surface area contributed by atoms with Crippen LogP contribution in [-0.2, 0) is 4.79 Å². The molecule has 0 bridgehead atoms. The maximum Gasteiger partial charge on any atom is 0.332 e. The van der Waals surface area contributed by atoms with Crippen molar-refractivity contribution in [2.45, 2.75) is 33.3 Å². The highest BCUT2D eigenvalue weighted by Gasteiger charge is 2.15. The number of carbonyl (C=O) groups is 2. The van der Waals surface area contributed by atoms with Crippen LogP contribution in [-0.4, -0.2) is 34.7 Å². The third kappa shape index (κ3) is 4.06. The molecule has 104 valence electrons. The quantitative estimate of drug-likeness (QED) is 0.746. The molecule has 0 saturated heterocycles. The molecule has 0 aliphatic heterocycles. The molecule has 0 aliphatic carbocycles. The molecular weight excluding hydrogens is 246 g/mol. The first-order valence-electron chi connectivity index (χ1n) is 6.10. The smallest absolute Gasteiger partial charge is 0.332 e. The van der Waals surface area contributed by atoms with Crippen LogP contribution >= 0.6 is 0 Å². The van der Waals surface area contributed by atoms with Crippen LogP contribution in [0.15, 0.2) is 12.1 Å². The number of aliphatic hydroxyl groups excluding tert-OH is 1. The van der Waals surface area contributed by atoms with Gasteiger partial charge in [0, 0.05) is 18.5 Å². The van der Waals surface area contributed by atoms with Gasteiger partial charge in [0.05, 0.1) is 0 Å². The number of nitrogens with one attached hydrogen (secondary N) is 1. The molecule has 0 unspecified atom stereocenters. The van der Waals surface area contributed by atoms with Gasteiger partial charge < -0.3 is 15.5 Å². The lowest BCUT2D eigenvalue weighted by Crippen LogP contribution is -2.30. The molecule has 1 aromatic rings. The number of carbonyl (C=O) groups excluding carboxylic acids is 1. The van der Waals surface area contributed by atoms with E-state index in [4.69, 9.17) is 10.2 Å². The van der Waals surface area contributed by atoms with Crippen molar-refractivity contribution in [1.82, 2.24) is 5.32 Å². The molecule has 1 rings (SSSR count). The summed E-state index contributed by atoms with van der Waals surface area (Å²) in [5.41, 5.74) is 3.46. The van der Waals surface area contributed by atoms with E-state index in [1.165, 1.54) is 0 Å². The SMILES string of the molecule is Cc1cc(C)c(C(=O)NCC[C@H](O)C(=O)O)c(C)c1. The van der Waals surface area contributed by atoms with Crippen LogP contribution < -0.4 is 5.32 Å². The topological polar surface area (TPSA) is 86.6 Å². The molecule has 1 amide bonds. The third-order valence-electron chi connectivity index (χ3n) is 2.89. The second-order valence-corrected chi connectivity index (χ2v) is 4.67. The van der Waals surface area contributed by atoms with Crippen LogP contribution in [0, 0.1) is 20.8 Å². The van der Waals surface area contributed by atoms with Gasteiger partial charge in [0.25, 0.3) is 5.91 Å². The van der Waals surface area contributed by atoms with Crippen LogP contribution in [0.5, 0.6) is 0 Å². The van der Waals surface area contributed by atoms with E-state index in [-0.39, 0.29) is 18.9 Å². The van der Waals surface area contributed by atoms with Gasteiger partial charge in [-0.15, -0.1) is 0 Å². The number of aliphatic carboxylic acids is 1. The van der Waals surface area contributed by atoms with Crippen molar-refractivity contribution in [3.8, 4) is 0 Å². The van der Waals surface area contributed by atoms with Gasteiger partial charge in [0.2, 0.25) is 0 Å². The largest absolute Gasteiger partial charge is 0.479 e. The Kier molecular flexibility index (Phi) is 5.06. The van der Waals surface area contributed by atoms with E-state index < -0.39 is 12.1 Å². The van der Waals surface area contributed by atoms with E-state index in [0.29, 0.717) is 5.56 Å². The Morgan fingerprint density at radius 3 is 2.21 bits per heavy atom. The van der Waals surface area contributed by atoms with Gasteiger partial charge in [-0.2, -0.15) is 0 Å². The van der Waals surface area contributed by atoms with Crippen molar-refractivity contribution in [2.24, 2.45) is 0 Å². The fourth-order valence-corrected chi connectivity index (χ4v) is 2.07. The zero-order valence-electron chi connectivity index (χ0n) is 11.4. The van der Waals surface area contributed by atoms with Crippen LogP contribution in [0.2, 0.25) is 0 Å². The molecule has 3 N–H and O–H groups in total. The molecule has 19 heavy (non-hydrogen) atoms. The molecule has 0 aromatic heterocycles. The lowest BCUT2D eigenvalue weighted by atomic mass is 9.99. The summed E-state index contributed by atoms with van der Waals surface area (Å²) in [5, 5.41) is 20.2. The van der Waals surface area contributed by atoms with E-state index in [1.807, 2.05) is 32.9 Å². The van der Waals surface area contributed by atoms with E-state index in [1.54, 1.807) is 0 Å². The average molecular weight is 265 g/mol. The van der Waals surface area contributed by atoms with Crippen molar-refractivity contribution < 1.29 is 19.8 Å². The third-order valence-corrected chi connectivity index (χ3v) is 2.89. The standard InChI is InChI=1S/C14H19NO4/c1-8-6-9(2)12(10(3)7-8)13(17)15-5-4-11(16)14(18)19/h6-7,11,16H,4-5H2,1-3H3,(H,15,17)(H,18,19)/t11-/m0/s1. The van der Waals surface area contributed by atoms with Gasteiger partial charge in [-0.05, 0) is 31.9 Å². The van der Waals surface area contributed by atoms with E-state index in [9.17, 15) is 9.59 Å². The van der Waals surface area contributed by atoms with Gasteiger partial charge in [0.15, 0.2) is 6.10 Å². The van der Waals surface area contributed by atoms with Crippen LogP contribution in [0.25, 0.3) is 0 Å². The zero-order valence-corrected chi connectivity index (χ0v) is 11.4. The molecular formula is C14H19NO4. The summed E-state index contributed by atoms with van der Waals surface area (Å²) < 4.78 is 0. The molecule has 0 heterocycles. The lowest BCUT2D eigenvalue weighted by molar-refractivity contribution is -0.146. The molecule has 0 aliphatic rings. The van der Waals surface area contributed by atoms with Crippen molar-refractivity contribution >= 4 is 11.9 Å². The maximum absolute atomic E-state index is 12.0. The second-order valence-electron chi connectivity index (χ2n) is 4.67. The molecule has 0 fully saturated rings. The minimum atomic E-state index is -1.44. The van der Waals surface area contributed by atoms with Crippen molar-refractivity contribution in [2.75, 3.05) is 6.54 Å². The average Bonchev–Trinajstić information content (AvgIpc) is 2.26. The molecule has 5 heteroatoms. The predicted molar refractivity (Wildman–Crippen MR) is 71.2 cm³/mol. The first-order valence-corrected chi connectivity index (χ1v) is 6.10. The number of benzene rings is 1. The van der Waals surface area contributed by atoms with E-state index in [0.717, 1.165) is 16.7 Å². The number of amides is 1. The minimum absolute atomic E-state index is 0.00890. The summed E-state index contributed by atoms with van der Waals surface area (Å²) in [5.74, 6) is -1.52. The Morgan fingerprint density at radius 2 is 1.74 bits per heavy atom. The first kappa shape index (κ1) is 15.2. The highest BCUT2D eigenvalue weighted by atomic mass is 16.4. The number of rotatable bonds is 5. The Labute approximate surface area is 112 Å². The molecule has 5 nitrogen and oxygen atoms in total. The van der Waals surface area contributed by atoms with E-state index >= 15 is 0 Å². The number of hydrogen-bond acceptors (Lipinski definition) is 3. The summed E-state index contributed by atoms with van der Waals surface area (Å²) in [6.07, 6.45) is -1.45. The molecule has 1 aromatic carbocycles. The highest BCUT2D eigenvalue weighted by molar-refractivity contribution is 5.97. The number of carboxylic acids is 1. The van der Waals surface area contributed by atoms with Crippen LogP contribution in [0.1, 0.15) is 33.5 Å². The summed E-state index contributed by atoms with van der Waals surface area (Å²) in [6.45, 7) is 5.81. The normalized spacial score (nSPS) is 12.0. The monoisotopic (exact) mass is 265 g/mol. The van der Waals surface area contributed by atoms with Gasteiger partial charge in [0.1, 0.15) is 0 Å². The van der Waals surface area contributed by atoms with Gasteiger partial charge in [-0.1, -0.05) is 17.7 Å². The lowest BCUT2D eigenvalue weighted by Gasteiger charge is -2.12. The number of hydrogen-bond donors (Lipinski definition) is 3. The van der Waals surface area contributed by atoms with Crippen molar-refractivity contribution in [1.29, 1.82) is 0 Å². The Hall–Kier alpha value is -1.88. The fraction of sp³-hybridized carbons (Fsp3) is 0.429. The Balaban J connectivity index is 2.67. The molecule has 0 saturated carbocycles. The second kappa shape index (κ2) is 6.33. The van der Waals surface area contributed by atoms with Crippen LogP contribution in [0.3, 0.4) is 0 Å². The van der Waals surface area contributed by atoms with Gasteiger partial charge >= 0.3 is 5.97 Å². The minimum Gasteiger partial charge on any atom is -0.479 e. The molecule has 0 radical (unpaired) electrons. The number of aryl methyl sites for hydroxylation is 3. The Morgan fingerprint density at radius 1 is 1.21 bits per heavy atom. The summed E-state index contributed by atoms with van der Waals surface area (Å²) >= 11 is 0. The Bertz CT molecular complexity index is 473. The van der Waals surface area contributed by atoms with Crippen molar-refractivity contribution in [3.63, 3.8) is 0 Å². The fourth-order valence-electron chi connectivity index (χ4n) is 2.07. The molecule has 1 atom stereocenters. The summed E-state index contributed by atoms with van der Waals surface area (Å²) in [4.78, 5) is 22.4. The number of aliphatic hydroxyl groups is 1. The van der Waals surface area contributed by atoms with Crippen molar-refractivity contribution in [3.05, 3.63) is 34.4 Å². The highest BCUT2D eigenvalue weighted by Crippen LogP contribution is 2.16. The van der Waals surface area contributed by atoms with Gasteiger partial charge in [-0.25, -0.2) is 4.79 Å². The summed E-state index contributed by atoms with van der Waals surface area (Å²) in [6, 6.07) is 3.85. The van der Waals surface area contributed by atoms with E-state index in [2.05, 4.69) is 5.32 Å². The van der Waals surface area contributed by atoms with Gasteiger partial charge in [-0.3, -0.25) is 4.79 Å². The summed E-state index contributed by atoms with van der Waals surface area (Å²) in [7, 11) is 0.